The van der Waals surface area contributed by atoms with Crippen LogP contribution >= 0.6 is 11.6 Å². The number of nitrogens with zero attached hydrogens (tertiary/aromatic N) is 1. The third-order valence-electron chi connectivity index (χ3n) is 4.58. The minimum atomic E-state index is 0.441. The molecule has 19 heavy (non-hydrogen) atoms. The SMILES string of the molecule is CC(CCN(C)C)CC1(c2ccc(Cl)cc2)CCC1. The highest BCUT2D eigenvalue weighted by atomic mass is 35.5. The second-order valence-corrected chi connectivity index (χ2v) is 6.98. The van der Waals surface area contributed by atoms with Gasteiger partial charge in [-0.3, -0.25) is 0 Å². The smallest absolute Gasteiger partial charge is 0.0406 e. The Labute approximate surface area is 123 Å². The highest BCUT2D eigenvalue weighted by Gasteiger charge is 2.39. The molecule has 0 aliphatic heterocycles. The standard InChI is InChI=1S/C17H26ClN/c1-14(9-12-19(2)3)13-17(10-4-11-17)15-5-7-16(18)8-6-15/h5-8,14H,4,9-13H2,1-3H3. The molecule has 0 radical (unpaired) electrons. The molecule has 2 heteroatoms. The van der Waals surface area contributed by atoms with Crippen molar-refractivity contribution in [2.24, 2.45) is 5.92 Å². The van der Waals surface area contributed by atoms with Crippen LogP contribution in [-0.2, 0) is 5.41 Å². The first-order valence-corrected chi connectivity index (χ1v) is 7.80. The van der Waals surface area contributed by atoms with Crippen molar-refractivity contribution >= 4 is 11.6 Å². The minimum absolute atomic E-state index is 0.441. The molecule has 1 aliphatic carbocycles. The van der Waals surface area contributed by atoms with E-state index in [4.69, 9.17) is 11.6 Å². The summed E-state index contributed by atoms with van der Waals surface area (Å²) in [5, 5.41) is 0.846. The van der Waals surface area contributed by atoms with Crippen molar-refractivity contribution in [3.8, 4) is 0 Å². The summed E-state index contributed by atoms with van der Waals surface area (Å²) in [5.41, 5.74) is 1.94. The predicted molar refractivity (Wildman–Crippen MR) is 83.9 cm³/mol. The molecule has 1 saturated carbocycles. The third kappa shape index (κ3) is 3.73. The fraction of sp³-hybridized carbons (Fsp3) is 0.647. The van der Waals surface area contributed by atoms with Crippen LogP contribution in [0.5, 0.6) is 0 Å². The Hall–Kier alpha value is -0.530. The van der Waals surface area contributed by atoms with Crippen molar-refractivity contribution in [1.29, 1.82) is 0 Å². The van der Waals surface area contributed by atoms with Crippen LogP contribution in [0.2, 0.25) is 5.02 Å². The zero-order chi connectivity index (χ0) is 13.9. The second-order valence-electron chi connectivity index (χ2n) is 6.54. The van der Waals surface area contributed by atoms with Crippen LogP contribution in [0.15, 0.2) is 24.3 Å². The van der Waals surface area contributed by atoms with Crippen molar-refractivity contribution in [3.63, 3.8) is 0 Å². The molecule has 106 valence electrons. The Balaban J connectivity index is 2.00. The molecule has 0 bridgehead atoms. The highest BCUT2D eigenvalue weighted by molar-refractivity contribution is 6.30. The van der Waals surface area contributed by atoms with Gasteiger partial charge in [-0.1, -0.05) is 37.1 Å². The van der Waals surface area contributed by atoms with E-state index in [2.05, 4.69) is 38.1 Å². The van der Waals surface area contributed by atoms with Gasteiger partial charge in [0.05, 0.1) is 0 Å². The molecule has 0 amide bonds. The molecule has 0 aromatic heterocycles. The van der Waals surface area contributed by atoms with E-state index < -0.39 is 0 Å². The maximum absolute atomic E-state index is 6.01. The van der Waals surface area contributed by atoms with E-state index in [0.29, 0.717) is 5.41 Å². The van der Waals surface area contributed by atoms with E-state index >= 15 is 0 Å². The van der Waals surface area contributed by atoms with Gasteiger partial charge in [-0.25, -0.2) is 0 Å². The lowest BCUT2D eigenvalue weighted by Gasteiger charge is -2.44. The largest absolute Gasteiger partial charge is 0.309 e. The Morgan fingerprint density at radius 3 is 2.32 bits per heavy atom. The Morgan fingerprint density at radius 1 is 1.21 bits per heavy atom. The quantitative estimate of drug-likeness (QED) is 0.727. The molecule has 1 atom stereocenters. The van der Waals surface area contributed by atoms with Crippen LogP contribution in [0.4, 0.5) is 0 Å². The lowest BCUT2D eigenvalue weighted by Crippen LogP contribution is -2.36. The molecule has 0 N–H and O–H groups in total. The molecule has 1 nitrogen and oxygen atoms in total. The molecule has 1 aromatic rings. The predicted octanol–water partition coefficient (Wildman–Crippen LogP) is 4.74. The van der Waals surface area contributed by atoms with Crippen LogP contribution < -0.4 is 0 Å². The van der Waals surface area contributed by atoms with Gasteiger partial charge >= 0.3 is 0 Å². The van der Waals surface area contributed by atoms with Crippen molar-refractivity contribution < 1.29 is 0 Å². The van der Waals surface area contributed by atoms with Gasteiger partial charge in [-0.15, -0.1) is 0 Å². The second kappa shape index (κ2) is 6.28. The van der Waals surface area contributed by atoms with Crippen molar-refractivity contribution in [2.75, 3.05) is 20.6 Å². The highest BCUT2D eigenvalue weighted by Crippen LogP contribution is 2.48. The molecule has 2 rings (SSSR count). The van der Waals surface area contributed by atoms with E-state index in [1.807, 2.05) is 12.1 Å². The van der Waals surface area contributed by atoms with Crippen LogP contribution in [0.3, 0.4) is 0 Å². The molecule has 0 heterocycles. The van der Waals surface area contributed by atoms with Crippen molar-refractivity contribution in [3.05, 3.63) is 34.9 Å². The number of halogens is 1. The molecule has 0 spiro atoms. The Bertz CT molecular complexity index is 392. The summed E-state index contributed by atoms with van der Waals surface area (Å²) in [5.74, 6) is 0.790. The third-order valence-corrected chi connectivity index (χ3v) is 4.83. The summed E-state index contributed by atoms with van der Waals surface area (Å²) in [6.07, 6.45) is 6.69. The average Bonchev–Trinajstić information content (AvgIpc) is 2.32. The van der Waals surface area contributed by atoms with E-state index in [-0.39, 0.29) is 0 Å². The molecule has 1 aromatic carbocycles. The Morgan fingerprint density at radius 2 is 1.84 bits per heavy atom. The number of hydrogen-bond acceptors (Lipinski definition) is 1. The summed E-state index contributed by atoms with van der Waals surface area (Å²) in [7, 11) is 4.32. The monoisotopic (exact) mass is 279 g/mol. The van der Waals surface area contributed by atoms with Crippen LogP contribution in [-0.4, -0.2) is 25.5 Å². The van der Waals surface area contributed by atoms with Gasteiger partial charge in [-0.05, 0) is 75.4 Å². The maximum atomic E-state index is 6.01. The Kier molecular flexibility index (Phi) is 4.92. The average molecular weight is 280 g/mol. The maximum Gasteiger partial charge on any atom is 0.0406 e. The van der Waals surface area contributed by atoms with Gasteiger partial charge in [0.25, 0.3) is 0 Å². The fourth-order valence-corrected chi connectivity index (χ4v) is 3.39. The molecule has 0 saturated heterocycles. The minimum Gasteiger partial charge on any atom is -0.309 e. The normalized spacial score (nSPS) is 19.2. The van der Waals surface area contributed by atoms with E-state index in [1.165, 1.54) is 44.2 Å². The number of rotatable bonds is 6. The first-order chi connectivity index (χ1) is 9.02. The molecular formula is C17H26ClN. The molecule has 1 unspecified atom stereocenters. The lowest BCUT2D eigenvalue weighted by molar-refractivity contribution is 0.185. The first-order valence-electron chi connectivity index (χ1n) is 7.43. The lowest BCUT2D eigenvalue weighted by atomic mass is 9.60. The van der Waals surface area contributed by atoms with Crippen LogP contribution in [0.25, 0.3) is 0 Å². The summed E-state index contributed by atoms with van der Waals surface area (Å²) < 4.78 is 0. The summed E-state index contributed by atoms with van der Waals surface area (Å²) in [6.45, 7) is 3.59. The van der Waals surface area contributed by atoms with Gasteiger partial charge in [0.15, 0.2) is 0 Å². The fourth-order valence-electron chi connectivity index (χ4n) is 3.27. The summed E-state index contributed by atoms with van der Waals surface area (Å²) in [6, 6.07) is 8.56. The first kappa shape index (κ1) is 14.9. The van der Waals surface area contributed by atoms with E-state index in [9.17, 15) is 0 Å². The zero-order valence-corrected chi connectivity index (χ0v) is 13.2. The van der Waals surface area contributed by atoms with Crippen LogP contribution in [0, 0.1) is 5.92 Å². The van der Waals surface area contributed by atoms with E-state index in [1.54, 1.807) is 0 Å². The number of hydrogen-bond donors (Lipinski definition) is 0. The molecule has 1 fully saturated rings. The summed E-state index contributed by atoms with van der Waals surface area (Å²) >= 11 is 6.01. The number of benzene rings is 1. The zero-order valence-electron chi connectivity index (χ0n) is 12.5. The molecular weight excluding hydrogens is 254 g/mol. The van der Waals surface area contributed by atoms with Gasteiger partial charge in [-0.2, -0.15) is 0 Å². The van der Waals surface area contributed by atoms with Crippen molar-refractivity contribution in [1.82, 2.24) is 4.90 Å². The van der Waals surface area contributed by atoms with Gasteiger partial charge in [0, 0.05) is 5.02 Å². The van der Waals surface area contributed by atoms with Crippen molar-refractivity contribution in [2.45, 2.75) is 44.4 Å². The van der Waals surface area contributed by atoms with Gasteiger partial charge in [0.1, 0.15) is 0 Å². The summed E-state index contributed by atoms with van der Waals surface area (Å²) in [4.78, 5) is 2.28. The van der Waals surface area contributed by atoms with Crippen LogP contribution in [0.1, 0.15) is 44.6 Å². The van der Waals surface area contributed by atoms with Gasteiger partial charge < -0.3 is 4.90 Å². The molecule has 1 aliphatic rings. The topological polar surface area (TPSA) is 3.24 Å². The van der Waals surface area contributed by atoms with E-state index in [0.717, 1.165) is 10.9 Å². The van der Waals surface area contributed by atoms with Gasteiger partial charge in [0.2, 0.25) is 0 Å².